The lowest BCUT2D eigenvalue weighted by molar-refractivity contribution is -0.140. The largest absolute Gasteiger partial charge is 0.350 e. The fourth-order valence-corrected chi connectivity index (χ4v) is 4.85. The standard InChI is InChI=1S/C24H31Cl2FN4O4S/c1-16(23(33)28-24(2,3)4)30(14-17-18(25)10-9-11-19(17)26)22(32)15-31(36(34,35)29(5)6)21-13-8-7-12-20(21)27/h7-13,16H,14-15H2,1-6H3,(H,28,33)/t16-/m0/s1. The second-order valence-electron chi connectivity index (χ2n) is 9.39. The Hall–Kier alpha value is -2.40. The molecule has 12 heteroatoms. The van der Waals surface area contributed by atoms with Crippen LogP contribution in [-0.4, -0.2) is 61.7 Å². The van der Waals surface area contributed by atoms with E-state index in [1.54, 1.807) is 39.0 Å². The van der Waals surface area contributed by atoms with Crippen LogP contribution in [0.1, 0.15) is 33.3 Å². The number of amides is 2. The van der Waals surface area contributed by atoms with Crippen LogP contribution in [0.4, 0.5) is 10.1 Å². The molecule has 8 nitrogen and oxygen atoms in total. The molecule has 1 N–H and O–H groups in total. The number of hydrogen-bond donors (Lipinski definition) is 1. The van der Waals surface area contributed by atoms with E-state index >= 15 is 0 Å². The van der Waals surface area contributed by atoms with Gasteiger partial charge in [0.2, 0.25) is 11.8 Å². The van der Waals surface area contributed by atoms with Gasteiger partial charge in [0.15, 0.2) is 0 Å². The monoisotopic (exact) mass is 560 g/mol. The van der Waals surface area contributed by atoms with Gasteiger partial charge in [-0.2, -0.15) is 12.7 Å². The van der Waals surface area contributed by atoms with Crippen LogP contribution < -0.4 is 9.62 Å². The van der Waals surface area contributed by atoms with Gasteiger partial charge < -0.3 is 10.2 Å². The topological polar surface area (TPSA) is 90.0 Å². The molecule has 0 aliphatic rings. The molecule has 2 aromatic carbocycles. The minimum Gasteiger partial charge on any atom is -0.350 e. The average Bonchev–Trinajstić information content (AvgIpc) is 2.76. The summed E-state index contributed by atoms with van der Waals surface area (Å²) in [5.41, 5.74) is -0.505. The van der Waals surface area contributed by atoms with Gasteiger partial charge in [0, 0.05) is 41.8 Å². The van der Waals surface area contributed by atoms with Gasteiger partial charge in [-0.05, 0) is 52.0 Å². The van der Waals surface area contributed by atoms with Crippen molar-refractivity contribution < 1.29 is 22.4 Å². The molecule has 2 amide bonds. The molecule has 36 heavy (non-hydrogen) atoms. The molecule has 198 valence electrons. The summed E-state index contributed by atoms with van der Waals surface area (Å²) in [4.78, 5) is 27.8. The number of carbonyl (C=O) groups is 2. The third kappa shape index (κ3) is 7.32. The predicted octanol–water partition coefficient (Wildman–Crippen LogP) is 4.08. The lowest BCUT2D eigenvalue weighted by atomic mass is 10.1. The van der Waals surface area contributed by atoms with Crippen molar-refractivity contribution >= 4 is 50.9 Å². The van der Waals surface area contributed by atoms with Crippen molar-refractivity contribution in [1.82, 2.24) is 14.5 Å². The summed E-state index contributed by atoms with van der Waals surface area (Å²) < 4.78 is 42.4. The number of nitrogens with zero attached hydrogens (tertiary/aromatic N) is 3. The minimum absolute atomic E-state index is 0.177. The molecule has 0 saturated carbocycles. The number of benzene rings is 2. The Morgan fingerprint density at radius 3 is 2.08 bits per heavy atom. The van der Waals surface area contributed by atoms with E-state index in [9.17, 15) is 22.4 Å². The SMILES string of the molecule is C[C@@H](C(=O)NC(C)(C)C)N(Cc1c(Cl)cccc1Cl)C(=O)CN(c1ccccc1F)S(=O)(=O)N(C)C. The van der Waals surface area contributed by atoms with Gasteiger partial charge >= 0.3 is 10.2 Å². The molecule has 2 aromatic rings. The van der Waals surface area contributed by atoms with Crippen molar-refractivity contribution in [3.8, 4) is 0 Å². The number of hydrogen-bond acceptors (Lipinski definition) is 4. The van der Waals surface area contributed by atoms with E-state index < -0.39 is 46.0 Å². The molecular weight excluding hydrogens is 530 g/mol. The van der Waals surface area contributed by atoms with E-state index in [1.807, 2.05) is 0 Å². The van der Waals surface area contributed by atoms with Crippen LogP contribution in [0.5, 0.6) is 0 Å². The fraction of sp³-hybridized carbons (Fsp3) is 0.417. The van der Waals surface area contributed by atoms with E-state index in [1.165, 1.54) is 44.1 Å². The Balaban J connectivity index is 2.55. The molecule has 0 aliphatic heterocycles. The molecular formula is C24H31Cl2FN4O4S. The first-order valence-electron chi connectivity index (χ1n) is 11.1. The highest BCUT2D eigenvalue weighted by Crippen LogP contribution is 2.28. The first-order valence-corrected chi connectivity index (χ1v) is 13.2. The summed E-state index contributed by atoms with van der Waals surface area (Å²) in [6.07, 6.45) is 0. The molecule has 0 saturated heterocycles. The Bertz CT molecular complexity index is 1200. The van der Waals surface area contributed by atoms with Gasteiger partial charge in [-0.3, -0.25) is 9.59 Å². The quantitative estimate of drug-likeness (QED) is 0.500. The summed E-state index contributed by atoms with van der Waals surface area (Å²) in [5, 5.41) is 3.36. The van der Waals surface area contributed by atoms with Crippen molar-refractivity contribution in [3.63, 3.8) is 0 Å². The smallest absolute Gasteiger partial charge is 0.304 e. The van der Waals surface area contributed by atoms with Crippen molar-refractivity contribution in [2.75, 3.05) is 24.9 Å². The molecule has 0 heterocycles. The van der Waals surface area contributed by atoms with Crippen molar-refractivity contribution in [3.05, 3.63) is 63.9 Å². The van der Waals surface area contributed by atoms with Crippen LogP contribution in [0.25, 0.3) is 0 Å². The molecule has 0 radical (unpaired) electrons. The Labute approximate surface area is 222 Å². The molecule has 0 spiro atoms. The predicted molar refractivity (Wildman–Crippen MR) is 141 cm³/mol. The van der Waals surface area contributed by atoms with E-state index in [0.717, 1.165) is 10.4 Å². The van der Waals surface area contributed by atoms with Gasteiger partial charge in [0.05, 0.1) is 5.69 Å². The third-order valence-electron chi connectivity index (χ3n) is 5.20. The Morgan fingerprint density at radius 1 is 1.03 bits per heavy atom. The summed E-state index contributed by atoms with van der Waals surface area (Å²) in [6, 6.07) is 9.01. The molecule has 0 unspecified atom stereocenters. The third-order valence-corrected chi connectivity index (χ3v) is 7.71. The molecule has 0 fully saturated rings. The summed E-state index contributed by atoms with van der Waals surface area (Å²) in [7, 11) is -1.74. The lowest BCUT2D eigenvalue weighted by Gasteiger charge is -2.34. The first-order chi connectivity index (χ1) is 16.6. The Kier molecular flexibility index (Phi) is 9.75. The molecule has 1 atom stereocenters. The maximum atomic E-state index is 14.7. The van der Waals surface area contributed by atoms with Gasteiger partial charge in [-0.25, -0.2) is 8.70 Å². The average molecular weight is 562 g/mol. The van der Waals surface area contributed by atoms with Gasteiger partial charge in [0.25, 0.3) is 0 Å². The molecule has 0 aliphatic carbocycles. The minimum atomic E-state index is -4.28. The maximum Gasteiger partial charge on any atom is 0.304 e. The molecule has 0 bridgehead atoms. The zero-order valence-electron chi connectivity index (χ0n) is 21.0. The number of anilines is 1. The normalized spacial score (nSPS) is 12.8. The second kappa shape index (κ2) is 11.8. The molecule has 2 rings (SSSR count). The summed E-state index contributed by atoms with van der Waals surface area (Å²) in [6.45, 7) is 5.94. The highest BCUT2D eigenvalue weighted by Gasteiger charge is 2.34. The highest BCUT2D eigenvalue weighted by atomic mass is 35.5. The van der Waals surface area contributed by atoms with Crippen LogP contribution in [0.3, 0.4) is 0 Å². The van der Waals surface area contributed by atoms with Crippen LogP contribution in [0.2, 0.25) is 10.0 Å². The van der Waals surface area contributed by atoms with E-state index in [-0.39, 0.29) is 22.3 Å². The first kappa shape index (κ1) is 29.8. The maximum absolute atomic E-state index is 14.7. The van der Waals surface area contributed by atoms with Gasteiger partial charge in [-0.15, -0.1) is 0 Å². The second-order valence-corrected chi connectivity index (χ2v) is 12.3. The highest BCUT2D eigenvalue weighted by molar-refractivity contribution is 7.90. The number of para-hydroxylation sites is 1. The van der Waals surface area contributed by atoms with Crippen LogP contribution in [0, 0.1) is 5.82 Å². The number of nitrogens with one attached hydrogen (secondary N) is 1. The van der Waals surface area contributed by atoms with Crippen LogP contribution in [-0.2, 0) is 26.3 Å². The lowest BCUT2D eigenvalue weighted by Crippen LogP contribution is -2.55. The number of carbonyl (C=O) groups excluding carboxylic acids is 2. The van der Waals surface area contributed by atoms with Crippen LogP contribution in [0.15, 0.2) is 42.5 Å². The number of rotatable bonds is 9. The summed E-state index contributed by atoms with van der Waals surface area (Å²) in [5.74, 6) is -2.04. The van der Waals surface area contributed by atoms with Crippen molar-refractivity contribution in [2.24, 2.45) is 0 Å². The zero-order chi connectivity index (χ0) is 27.4. The fourth-order valence-electron chi connectivity index (χ4n) is 3.27. The van der Waals surface area contributed by atoms with Gasteiger partial charge in [-0.1, -0.05) is 41.4 Å². The number of halogens is 3. The van der Waals surface area contributed by atoms with E-state index in [0.29, 0.717) is 9.87 Å². The summed E-state index contributed by atoms with van der Waals surface area (Å²) >= 11 is 12.6. The van der Waals surface area contributed by atoms with E-state index in [2.05, 4.69) is 5.32 Å². The van der Waals surface area contributed by atoms with Crippen LogP contribution >= 0.6 is 23.2 Å². The van der Waals surface area contributed by atoms with Crippen molar-refractivity contribution in [1.29, 1.82) is 0 Å². The van der Waals surface area contributed by atoms with Gasteiger partial charge in [0.1, 0.15) is 18.4 Å². The van der Waals surface area contributed by atoms with E-state index in [4.69, 9.17) is 23.2 Å². The molecule has 0 aromatic heterocycles. The van der Waals surface area contributed by atoms with Crippen molar-refractivity contribution in [2.45, 2.75) is 45.8 Å². The zero-order valence-corrected chi connectivity index (χ0v) is 23.4. The Morgan fingerprint density at radius 2 is 1.58 bits per heavy atom.